The molecule has 0 bridgehead atoms. The number of hydrogen-bond donors (Lipinski definition) is 3. The summed E-state index contributed by atoms with van der Waals surface area (Å²) in [5.74, 6) is 0. The number of anilines is 1. The minimum atomic E-state index is -4.61. The van der Waals surface area contributed by atoms with Crippen molar-refractivity contribution in [3.05, 3.63) is 154 Å². The van der Waals surface area contributed by atoms with Crippen molar-refractivity contribution in [2.75, 3.05) is 11.4 Å². The zero-order valence-electron chi connectivity index (χ0n) is 27.1. The zero-order chi connectivity index (χ0) is 36.3. The van der Waals surface area contributed by atoms with E-state index in [0.717, 1.165) is 5.69 Å². The van der Waals surface area contributed by atoms with Crippen LogP contribution in [-0.4, -0.2) is 45.5 Å². The highest BCUT2D eigenvalue weighted by atomic mass is 32.2. The molecule has 0 aliphatic carbocycles. The lowest BCUT2D eigenvalue weighted by Gasteiger charge is -2.24. The Hall–Kier alpha value is -4.63. The van der Waals surface area contributed by atoms with Crippen molar-refractivity contribution in [1.29, 1.82) is 0 Å². The van der Waals surface area contributed by atoms with E-state index >= 15 is 0 Å². The monoisotopic (exact) mass is 732 g/mol. The SMILES string of the molecule is CCc1c([C]=c2ccc(=C(c3ccc(N(CC)Cc4cccc(S(=O)(=O)O)c4)cc3)c3ccccc3S(=O)(=O)O)cc2)cccc1S(=O)(=O)O. The standard InChI is InChI=1S/C37H34NO9S3/c1-3-33-30(10-8-14-35(33)49(42,43)44)23-26-15-17-28(18-16-26)37(34-12-5-6-13-36(34)50(45,46)47)29-19-21-31(22-20-29)38(4-2)25-27-9-7-11-32(24-27)48(39,40)41/h5-22,24H,3-4,25H2,1-2H3,(H,39,40,41)(H,42,43,44)(H,45,46,47). The highest BCUT2D eigenvalue weighted by Gasteiger charge is 2.20. The maximum Gasteiger partial charge on any atom is 0.295 e. The van der Waals surface area contributed by atoms with Gasteiger partial charge in [0, 0.05) is 24.3 Å². The van der Waals surface area contributed by atoms with Crippen LogP contribution in [0.1, 0.15) is 41.7 Å². The van der Waals surface area contributed by atoms with Gasteiger partial charge in [0.15, 0.2) is 0 Å². The minimum Gasteiger partial charge on any atom is -0.367 e. The van der Waals surface area contributed by atoms with Gasteiger partial charge in [-0.15, -0.1) is 0 Å². The summed E-state index contributed by atoms with van der Waals surface area (Å²) >= 11 is 0. The molecule has 0 atom stereocenters. The molecule has 0 aliphatic heterocycles. The van der Waals surface area contributed by atoms with Crippen molar-refractivity contribution in [3.8, 4) is 0 Å². The molecule has 0 aromatic heterocycles. The van der Waals surface area contributed by atoms with Gasteiger partial charge in [-0.05, 0) is 94.1 Å². The fourth-order valence-corrected chi connectivity index (χ4v) is 7.86. The van der Waals surface area contributed by atoms with Crippen LogP contribution in [0.15, 0.2) is 130 Å². The molecule has 10 nitrogen and oxygen atoms in total. The van der Waals surface area contributed by atoms with Crippen molar-refractivity contribution < 1.29 is 38.9 Å². The highest BCUT2D eigenvalue weighted by Crippen LogP contribution is 2.29. The summed E-state index contributed by atoms with van der Waals surface area (Å²) in [5.41, 5.74) is 3.82. The van der Waals surface area contributed by atoms with Crippen molar-refractivity contribution in [3.63, 3.8) is 0 Å². The molecule has 0 aliphatic rings. The van der Waals surface area contributed by atoms with E-state index in [9.17, 15) is 38.9 Å². The molecule has 50 heavy (non-hydrogen) atoms. The van der Waals surface area contributed by atoms with Gasteiger partial charge in [0.2, 0.25) is 0 Å². The smallest absolute Gasteiger partial charge is 0.295 e. The van der Waals surface area contributed by atoms with E-state index in [0.29, 0.717) is 57.8 Å². The fraction of sp³-hybridized carbons (Fsp3) is 0.135. The molecule has 0 heterocycles. The average Bonchev–Trinajstić information content (AvgIpc) is 3.07. The Labute approximate surface area is 291 Å². The van der Waals surface area contributed by atoms with E-state index in [-0.39, 0.29) is 20.2 Å². The molecule has 0 amide bonds. The maximum absolute atomic E-state index is 12.5. The van der Waals surface area contributed by atoms with Gasteiger partial charge in [0.25, 0.3) is 30.4 Å². The zero-order valence-corrected chi connectivity index (χ0v) is 29.5. The summed E-state index contributed by atoms with van der Waals surface area (Å²) in [6, 6.07) is 31.1. The third-order valence-electron chi connectivity index (χ3n) is 8.12. The van der Waals surface area contributed by atoms with Gasteiger partial charge in [0.1, 0.15) is 4.90 Å². The van der Waals surface area contributed by atoms with Gasteiger partial charge in [-0.1, -0.05) is 85.8 Å². The van der Waals surface area contributed by atoms with Gasteiger partial charge >= 0.3 is 0 Å². The van der Waals surface area contributed by atoms with Gasteiger partial charge < -0.3 is 4.90 Å². The van der Waals surface area contributed by atoms with Gasteiger partial charge in [-0.3, -0.25) is 13.7 Å². The van der Waals surface area contributed by atoms with Gasteiger partial charge in [-0.25, -0.2) is 0 Å². The Bertz CT molecular complexity index is 2490. The lowest BCUT2D eigenvalue weighted by Crippen LogP contribution is -2.22. The highest BCUT2D eigenvalue weighted by molar-refractivity contribution is 7.86. The third-order valence-corrected chi connectivity index (χ3v) is 10.8. The van der Waals surface area contributed by atoms with Crippen LogP contribution in [0.25, 0.3) is 11.6 Å². The summed E-state index contributed by atoms with van der Waals surface area (Å²) < 4.78 is 101. The van der Waals surface area contributed by atoms with Crippen LogP contribution in [0.2, 0.25) is 0 Å². The maximum atomic E-state index is 12.5. The van der Waals surface area contributed by atoms with Crippen molar-refractivity contribution in [2.24, 2.45) is 0 Å². The van der Waals surface area contributed by atoms with E-state index in [1.165, 1.54) is 36.4 Å². The Kier molecular flexibility index (Phi) is 10.8. The lowest BCUT2D eigenvalue weighted by molar-refractivity contribution is 0.480. The summed E-state index contributed by atoms with van der Waals surface area (Å²) in [4.78, 5) is 1.35. The molecule has 5 aromatic carbocycles. The summed E-state index contributed by atoms with van der Waals surface area (Å²) in [7, 11) is -13.4. The molecule has 13 heteroatoms. The fourth-order valence-electron chi connectivity index (χ4n) is 5.79. The molecule has 0 saturated carbocycles. The second-order valence-electron chi connectivity index (χ2n) is 11.3. The van der Waals surface area contributed by atoms with E-state index in [2.05, 4.69) is 6.08 Å². The largest absolute Gasteiger partial charge is 0.367 e. The first-order valence-corrected chi connectivity index (χ1v) is 19.7. The molecular formula is C37H34NO9S3. The molecule has 259 valence electrons. The Morgan fingerprint density at radius 2 is 1.28 bits per heavy atom. The van der Waals surface area contributed by atoms with Gasteiger partial charge in [0.05, 0.1) is 9.79 Å². The van der Waals surface area contributed by atoms with E-state index in [4.69, 9.17) is 0 Å². The predicted molar refractivity (Wildman–Crippen MR) is 191 cm³/mol. The van der Waals surface area contributed by atoms with Crippen LogP contribution in [0.4, 0.5) is 5.69 Å². The first-order valence-electron chi connectivity index (χ1n) is 15.4. The van der Waals surface area contributed by atoms with Crippen LogP contribution >= 0.6 is 0 Å². The Balaban J connectivity index is 1.62. The first-order chi connectivity index (χ1) is 23.6. The van der Waals surface area contributed by atoms with Crippen molar-refractivity contribution in [1.82, 2.24) is 0 Å². The van der Waals surface area contributed by atoms with E-state index < -0.39 is 30.4 Å². The van der Waals surface area contributed by atoms with E-state index in [1.807, 2.05) is 36.1 Å². The molecule has 0 fully saturated rings. The summed E-state index contributed by atoms with van der Waals surface area (Å²) in [6.07, 6.45) is 3.54. The molecule has 1 radical (unpaired) electrons. The predicted octanol–water partition coefficient (Wildman–Crippen LogP) is 4.97. The number of rotatable bonds is 11. The second kappa shape index (κ2) is 14.7. The number of hydrogen-bond acceptors (Lipinski definition) is 7. The molecule has 0 saturated heterocycles. The summed E-state index contributed by atoms with van der Waals surface area (Å²) in [6.45, 7) is 4.64. The molecular weight excluding hydrogens is 699 g/mol. The van der Waals surface area contributed by atoms with Crippen molar-refractivity contribution >= 4 is 47.7 Å². The molecule has 5 rings (SSSR count). The van der Waals surface area contributed by atoms with Crippen LogP contribution in [0.3, 0.4) is 0 Å². The van der Waals surface area contributed by atoms with Crippen molar-refractivity contribution in [2.45, 2.75) is 41.5 Å². The quantitative estimate of drug-likeness (QED) is 0.158. The average molecular weight is 733 g/mol. The third kappa shape index (κ3) is 8.38. The van der Waals surface area contributed by atoms with Crippen LogP contribution in [0.5, 0.6) is 0 Å². The lowest BCUT2D eigenvalue weighted by atomic mass is 9.94. The molecule has 0 spiro atoms. The molecule has 0 unspecified atom stereocenters. The van der Waals surface area contributed by atoms with Crippen LogP contribution in [0, 0.1) is 0 Å². The summed E-state index contributed by atoms with van der Waals surface area (Å²) in [5, 5.41) is 1.22. The van der Waals surface area contributed by atoms with E-state index in [1.54, 1.807) is 61.5 Å². The normalized spacial score (nSPS) is 12.0. The second-order valence-corrected chi connectivity index (χ2v) is 15.5. The molecule has 5 aromatic rings. The molecule has 3 N–H and O–H groups in total. The van der Waals surface area contributed by atoms with Gasteiger partial charge in [-0.2, -0.15) is 25.3 Å². The minimum absolute atomic E-state index is 0.184. The first kappa shape index (κ1) is 36.6. The van der Waals surface area contributed by atoms with Crippen LogP contribution < -0.4 is 15.3 Å². The van der Waals surface area contributed by atoms with Crippen LogP contribution in [-0.2, 0) is 43.3 Å². The topological polar surface area (TPSA) is 166 Å². The Morgan fingerprint density at radius 1 is 0.660 bits per heavy atom. The Morgan fingerprint density at radius 3 is 1.88 bits per heavy atom. The number of nitrogens with zero attached hydrogens (tertiary/aromatic N) is 1. The number of benzene rings is 5.